The Labute approximate surface area is 331 Å². The van der Waals surface area contributed by atoms with Gasteiger partial charge in [-0.25, -0.2) is 0 Å². The second-order valence-corrected chi connectivity index (χ2v) is 19.2. The monoisotopic (exact) mass is 759 g/mol. The summed E-state index contributed by atoms with van der Waals surface area (Å²) in [7, 11) is 0. The molecule has 55 heavy (non-hydrogen) atoms. The van der Waals surface area contributed by atoms with E-state index in [1.165, 1.54) is 24.4 Å². The number of nitro groups is 1. The summed E-state index contributed by atoms with van der Waals surface area (Å²) in [6.45, 7) is 33.5. The van der Waals surface area contributed by atoms with Crippen molar-refractivity contribution in [3.63, 3.8) is 0 Å². The Morgan fingerprint density at radius 1 is 0.691 bits per heavy atom. The summed E-state index contributed by atoms with van der Waals surface area (Å²) in [4.78, 5) is 16.2. The predicted octanol–water partition coefficient (Wildman–Crippen LogP) is 12.0. The number of unbranched alkanes of at least 4 members (excludes halogenated alkanes) is 2. The minimum atomic E-state index is -1.70. The Hall–Kier alpha value is -3.91. The van der Waals surface area contributed by atoms with Gasteiger partial charge in [0.05, 0.1) is 24.2 Å². The number of aromatic hydroxyl groups is 1. The average molecular weight is 759 g/mol. The number of hydrogen-bond acceptors (Lipinski definition) is 7. The van der Waals surface area contributed by atoms with Gasteiger partial charge < -0.3 is 19.7 Å². The second kappa shape index (κ2) is 17.5. The lowest BCUT2D eigenvalue weighted by Crippen LogP contribution is -2.41. The molecule has 1 unspecified atom stereocenters. The number of aliphatic hydroxyl groups is 1. The van der Waals surface area contributed by atoms with E-state index in [4.69, 9.17) is 14.5 Å². The van der Waals surface area contributed by atoms with Crippen molar-refractivity contribution in [2.24, 2.45) is 4.99 Å². The van der Waals surface area contributed by atoms with Crippen LogP contribution in [0.25, 0.3) is 0 Å². The molecule has 0 radical (unpaired) electrons. The SMILES string of the molecule is CCCCOc1c(C(C)(C)C)cc(C(O)(c2cc(C(C)(C)C)c(OCCCC)c(C(C)(C)C)c2)C(CC)N=Cc2cc([N+](=O)[O-])ccc2O)cc1C(C)(C)C. The van der Waals surface area contributed by atoms with Crippen molar-refractivity contribution in [3.8, 4) is 17.2 Å². The quantitative estimate of drug-likeness (QED) is 0.0690. The van der Waals surface area contributed by atoms with Crippen LogP contribution in [-0.2, 0) is 27.3 Å². The van der Waals surface area contributed by atoms with Gasteiger partial charge in [0, 0.05) is 46.2 Å². The standard InChI is InChI=1S/C47H70N2O6/c1-16-19-23-54-41-35(43(4,5)6)26-32(27-36(41)44(7,8)9)47(51,40(18-3)48-30-31-25-34(49(52)53)21-22-39(31)50)33-28-37(45(10,11)12)42(55-24-20-17-2)38(29-33)46(13,14)15/h21-22,25-30,40,50-51H,16-20,23-24H2,1-15H3. The van der Waals surface area contributed by atoms with Gasteiger partial charge in [-0.2, -0.15) is 0 Å². The number of hydrogen-bond donors (Lipinski definition) is 2. The molecule has 0 aliphatic heterocycles. The number of phenolic OH excluding ortho intramolecular Hbond substituents is 1. The van der Waals surface area contributed by atoms with Crippen molar-refractivity contribution in [1.82, 2.24) is 0 Å². The first-order valence-electron chi connectivity index (χ1n) is 20.2. The third-order valence-corrected chi connectivity index (χ3v) is 10.3. The van der Waals surface area contributed by atoms with E-state index in [9.17, 15) is 20.3 Å². The molecule has 0 saturated heterocycles. The van der Waals surface area contributed by atoms with E-state index < -0.39 is 16.6 Å². The molecule has 3 aromatic carbocycles. The third-order valence-electron chi connectivity index (χ3n) is 10.3. The summed E-state index contributed by atoms with van der Waals surface area (Å²) < 4.78 is 13.3. The van der Waals surface area contributed by atoms with Crippen LogP contribution in [0, 0.1) is 10.1 Å². The van der Waals surface area contributed by atoms with Crippen molar-refractivity contribution in [1.29, 1.82) is 0 Å². The van der Waals surface area contributed by atoms with Crippen LogP contribution in [0.4, 0.5) is 5.69 Å². The molecule has 0 aromatic heterocycles. The zero-order valence-corrected chi connectivity index (χ0v) is 36.6. The summed E-state index contributed by atoms with van der Waals surface area (Å²) in [5.41, 5.74) is 2.28. The molecule has 0 fully saturated rings. The maximum atomic E-state index is 13.9. The normalized spacial score (nSPS) is 13.7. The maximum absolute atomic E-state index is 13.9. The zero-order valence-electron chi connectivity index (χ0n) is 36.6. The van der Waals surface area contributed by atoms with Gasteiger partial charge >= 0.3 is 0 Å². The van der Waals surface area contributed by atoms with Crippen molar-refractivity contribution >= 4 is 11.9 Å². The van der Waals surface area contributed by atoms with Crippen LogP contribution in [0.2, 0.25) is 0 Å². The number of aliphatic imine (C=N–C) groups is 1. The molecule has 304 valence electrons. The van der Waals surface area contributed by atoms with Crippen molar-refractivity contribution in [2.75, 3.05) is 13.2 Å². The van der Waals surface area contributed by atoms with Crippen molar-refractivity contribution < 1.29 is 24.6 Å². The van der Waals surface area contributed by atoms with E-state index in [1.807, 2.05) is 6.92 Å². The second-order valence-electron chi connectivity index (χ2n) is 19.2. The van der Waals surface area contributed by atoms with Gasteiger partial charge in [-0.15, -0.1) is 0 Å². The molecule has 0 aliphatic rings. The molecular weight excluding hydrogens is 689 g/mol. The summed E-state index contributed by atoms with van der Waals surface area (Å²) in [6.07, 6.45) is 5.73. The predicted molar refractivity (Wildman–Crippen MR) is 228 cm³/mol. The van der Waals surface area contributed by atoms with Crippen molar-refractivity contribution in [2.45, 2.75) is 169 Å². The molecule has 1 atom stereocenters. The zero-order chi connectivity index (χ0) is 41.7. The van der Waals surface area contributed by atoms with Gasteiger partial charge in [-0.1, -0.05) is 117 Å². The number of nitrogens with zero attached hydrogens (tertiary/aromatic N) is 2. The average Bonchev–Trinajstić information content (AvgIpc) is 3.07. The Balaban J connectivity index is 2.62. The maximum Gasteiger partial charge on any atom is 0.270 e. The lowest BCUT2D eigenvalue weighted by atomic mass is 9.70. The molecule has 8 nitrogen and oxygen atoms in total. The Kier molecular flexibility index (Phi) is 14.5. The summed E-state index contributed by atoms with van der Waals surface area (Å²) in [5.74, 6) is 1.57. The summed E-state index contributed by atoms with van der Waals surface area (Å²) in [6, 6.07) is 11.5. The number of nitro benzene ring substituents is 1. The van der Waals surface area contributed by atoms with Gasteiger partial charge in [0.1, 0.15) is 22.8 Å². The van der Waals surface area contributed by atoms with Crippen LogP contribution < -0.4 is 9.47 Å². The number of rotatable bonds is 15. The van der Waals surface area contributed by atoms with E-state index in [1.54, 1.807) is 0 Å². The molecular formula is C47H70N2O6. The molecule has 3 aromatic rings. The lowest BCUT2D eigenvalue weighted by molar-refractivity contribution is -0.384. The fourth-order valence-corrected chi connectivity index (χ4v) is 6.86. The first kappa shape index (κ1) is 45.5. The highest BCUT2D eigenvalue weighted by atomic mass is 16.6. The van der Waals surface area contributed by atoms with E-state index in [2.05, 4.69) is 121 Å². The van der Waals surface area contributed by atoms with Crippen LogP contribution in [0.1, 0.15) is 175 Å². The van der Waals surface area contributed by atoms with Crippen LogP contribution in [0.3, 0.4) is 0 Å². The minimum Gasteiger partial charge on any atom is -0.507 e. The van der Waals surface area contributed by atoms with E-state index >= 15 is 0 Å². The lowest BCUT2D eigenvalue weighted by Gasteiger charge is -2.40. The van der Waals surface area contributed by atoms with E-state index in [0.717, 1.165) is 59.4 Å². The smallest absolute Gasteiger partial charge is 0.270 e. The number of non-ortho nitro benzene ring substituents is 1. The fraction of sp³-hybridized carbons (Fsp3) is 0.596. The van der Waals surface area contributed by atoms with Gasteiger partial charge in [-0.05, 0) is 82.4 Å². The molecule has 0 aliphatic carbocycles. The first-order valence-corrected chi connectivity index (χ1v) is 20.2. The van der Waals surface area contributed by atoms with E-state index in [0.29, 0.717) is 30.8 Å². The highest BCUT2D eigenvalue weighted by Gasteiger charge is 2.44. The molecule has 0 bridgehead atoms. The van der Waals surface area contributed by atoms with Crippen molar-refractivity contribution in [3.05, 3.63) is 91.5 Å². The summed E-state index contributed by atoms with van der Waals surface area (Å²) in [5, 5.41) is 36.4. The molecule has 0 saturated carbocycles. The first-order chi connectivity index (χ1) is 25.3. The highest BCUT2D eigenvalue weighted by Crippen LogP contribution is 2.49. The molecule has 2 N–H and O–H groups in total. The van der Waals surface area contributed by atoms with Crippen LogP contribution in [0.15, 0.2) is 47.5 Å². The minimum absolute atomic E-state index is 0.134. The molecule has 0 spiro atoms. The third kappa shape index (κ3) is 10.7. The molecule has 0 heterocycles. The molecule has 3 rings (SSSR count). The van der Waals surface area contributed by atoms with Gasteiger partial charge in [-0.3, -0.25) is 15.1 Å². The number of benzene rings is 3. The largest absolute Gasteiger partial charge is 0.507 e. The number of phenols is 1. The van der Waals surface area contributed by atoms with Gasteiger partial charge in [0.2, 0.25) is 0 Å². The van der Waals surface area contributed by atoms with Crippen LogP contribution >= 0.6 is 0 Å². The van der Waals surface area contributed by atoms with Crippen LogP contribution in [-0.4, -0.2) is 40.6 Å². The van der Waals surface area contributed by atoms with Crippen LogP contribution in [0.5, 0.6) is 17.2 Å². The Bertz CT molecular complexity index is 1660. The summed E-state index contributed by atoms with van der Waals surface area (Å²) >= 11 is 0. The van der Waals surface area contributed by atoms with Gasteiger partial charge in [0.15, 0.2) is 0 Å². The Morgan fingerprint density at radius 3 is 1.38 bits per heavy atom. The topological polar surface area (TPSA) is 114 Å². The number of ether oxygens (including phenoxy) is 2. The Morgan fingerprint density at radius 2 is 1.07 bits per heavy atom. The molecule has 0 amide bonds. The highest BCUT2D eigenvalue weighted by molar-refractivity contribution is 5.84. The fourth-order valence-electron chi connectivity index (χ4n) is 6.86. The molecule has 8 heteroatoms. The van der Waals surface area contributed by atoms with E-state index in [-0.39, 0.29) is 38.7 Å². The van der Waals surface area contributed by atoms with Gasteiger partial charge in [0.25, 0.3) is 5.69 Å².